The first kappa shape index (κ1) is 15.8. The second-order valence-electron chi connectivity index (χ2n) is 6.66. The molecule has 3 aromatic rings. The number of aromatic nitrogens is 3. The number of hydrogen-bond donors (Lipinski definition) is 3. The van der Waals surface area contributed by atoms with Crippen LogP contribution in [0.1, 0.15) is 24.3 Å². The molecule has 2 atom stereocenters. The van der Waals surface area contributed by atoms with Gasteiger partial charge in [-0.15, -0.1) is 0 Å². The molecule has 128 valence electrons. The van der Waals surface area contributed by atoms with Gasteiger partial charge in [0.1, 0.15) is 5.52 Å². The highest BCUT2D eigenvalue weighted by atomic mass is 16.3. The number of aliphatic hydroxyl groups excluding tert-OH is 1. The van der Waals surface area contributed by atoms with E-state index in [0.717, 1.165) is 12.8 Å². The Bertz CT molecular complexity index is 937. The summed E-state index contributed by atoms with van der Waals surface area (Å²) in [7, 11) is 0. The van der Waals surface area contributed by atoms with Crippen LogP contribution in [0.2, 0.25) is 0 Å². The number of fused-ring (bicyclic) bond motifs is 1. The molecule has 2 aromatic heterocycles. The summed E-state index contributed by atoms with van der Waals surface area (Å²) in [5.41, 5.74) is 1.41. The van der Waals surface area contributed by atoms with Gasteiger partial charge >= 0.3 is 0 Å². The van der Waals surface area contributed by atoms with E-state index in [-0.39, 0.29) is 17.6 Å². The van der Waals surface area contributed by atoms with Gasteiger partial charge in [-0.2, -0.15) is 0 Å². The molecule has 25 heavy (non-hydrogen) atoms. The average molecular weight is 336 g/mol. The maximum atomic E-state index is 11.9. The first-order chi connectivity index (χ1) is 12.2. The Kier molecular flexibility index (Phi) is 3.97. The maximum absolute atomic E-state index is 11.9. The van der Waals surface area contributed by atoms with Crippen molar-refractivity contribution in [2.75, 3.05) is 18.5 Å². The molecule has 1 aromatic carbocycles. The molecular formula is C19H20N4O2. The Morgan fingerprint density at radius 2 is 2.08 bits per heavy atom. The highest BCUT2D eigenvalue weighted by molar-refractivity contribution is 5.86. The topological polar surface area (TPSA) is 90.9 Å². The summed E-state index contributed by atoms with van der Waals surface area (Å²) < 4.78 is 0. The molecule has 0 bridgehead atoms. The van der Waals surface area contributed by atoms with Crippen molar-refractivity contribution >= 4 is 16.7 Å². The lowest BCUT2D eigenvalue weighted by Crippen LogP contribution is -2.46. The van der Waals surface area contributed by atoms with Crippen molar-refractivity contribution in [2.24, 2.45) is 5.41 Å². The molecule has 1 saturated carbocycles. The highest BCUT2D eigenvalue weighted by Gasteiger charge is 2.46. The molecule has 0 aliphatic heterocycles. The number of hydrogen-bond acceptors (Lipinski definition) is 5. The third-order valence-electron chi connectivity index (χ3n) is 5.35. The summed E-state index contributed by atoms with van der Waals surface area (Å²) in [6, 6.07) is 12.0. The van der Waals surface area contributed by atoms with Crippen molar-refractivity contribution in [1.82, 2.24) is 15.0 Å². The minimum atomic E-state index is -0.216. The summed E-state index contributed by atoms with van der Waals surface area (Å²) in [6.45, 7) is 0.696. The zero-order chi connectivity index (χ0) is 17.3. The van der Waals surface area contributed by atoms with Crippen molar-refractivity contribution in [3.8, 4) is 0 Å². The van der Waals surface area contributed by atoms with Gasteiger partial charge in [-0.1, -0.05) is 30.3 Å². The SMILES string of the molecule is O=c1[nH]cnc2c(NC[C@]3(CO)CC[C@H]3c3ccccc3)nccc12. The van der Waals surface area contributed by atoms with Gasteiger partial charge in [-0.05, 0) is 30.4 Å². The molecule has 0 radical (unpaired) electrons. The molecular weight excluding hydrogens is 316 g/mol. The van der Waals surface area contributed by atoms with Crippen LogP contribution in [0.4, 0.5) is 5.82 Å². The van der Waals surface area contributed by atoms with E-state index in [4.69, 9.17) is 0 Å². The predicted octanol–water partition coefficient (Wildman–Crippen LogP) is 2.29. The summed E-state index contributed by atoms with van der Waals surface area (Å²) in [5, 5.41) is 13.9. The zero-order valence-corrected chi connectivity index (χ0v) is 13.8. The van der Waals surface area contributed by atoms with Crippen LogP contribution in [-0.4, -0.2) is 33.2 Å². The monoisotopic (exact) mass is 336 g/mol. The molecule has 0 spiro atoms. The number of aliphatic hydroxyl groups is 1. The number of H-pyrrole nitrogens is 1. The van der Waals surface area contributed by atoms with Crippen molar-refractivity contribution in [2.45, 2.75) is 18.8 Å². The number of pyridine rings is 1. The molecule has 6 heteroatoms. The predicted molar refractivity (Wildman–Crippen MR) is 96.6 cm³/mol. The second-order valence-corrected chi connectivity index (χ2v) is 6.66. The Labute approximate surface area is 145 Å². The van der Waals surface area contributed by atoms with Crippen LogP contribution in [0.3, 0.4) is 0 Å². The Balaban J connectivity index is 1.60. The quantitative estimate of drug-likeness (QED) is 0.665. The fourth-order valence-corrected chi connectivity index (χ4v) is 3.75. The number of rotatable bonds is 5. The van der Waals surface area contributed by atoms with Crippen molar-refractivity contribution in [1.29, 1.82) is 0 Å². The smallest absolute Gasteiger partial charge is 0.258 e. The molecule has 2 heterocycles. The van der Waals surface area contributed by atoms with Crippen molar-refractivity contribution < 1.29 is 5.11 Å². The van der Waals surface area contributed by atoms with E-state index in [2.05, 4.69) is 32.4 Å². The van der Waals surface area contributed by atoms with Gasteiger partial charge in [0, 0.05) is 18.2 Å². The minimum Gasteiger partial charge on any atom is -0.396 e. The van der Waals surface area contributed by atoms with Crippen molar-refractivity contribution in [3.05, 3.63) is 64.8 Å². The molecule has 1 aliphatic carbocycles. The summed E-state index contributed by atoms with van der Waals surface area (Å²) in [5.74, 6) is 0.896. The standard InChI is InChI=1S/C19H20N4O2/c24-11-19(8-6-15(19)13-4-2-1-3-5-13)10-21-17-16-14(7-9-20-17)18(25)23-12-22-16/h1-5,7,9,12,15,24H,6,8,10-11H2,(H,20,21)(H,22,23,25)/t15-,19-/m0/s1. The zero-order valence-electron chi connectivity index (χ0n) is 13.8. The lowest BCUT2D eigenvalue weighted by atomic mass is 9.58. The van der Waals surface area contributed by atoms with Crippen LogP contribution < -0.4 is 10.9 Å². The van der Waals surface area contributed by atoms with Gasteiger partial charge in [0.25, 0.3) is 5.56 Å². The summed E-state index contributed by atoms with van der Waals surface area (Å²) in [6.07, 6.45) is 5.00. The largest absolute Gasteiger partial charge is 0.396 e. The van der Waals surface area contributed by atoms with Crippen LogP contribution >= 0.6 is 0 Å². The normalized spacial score (nSPS) is 22.5. The van der Waals surface area contributed by atoms with E-state index in [0.29, 0.717) is 29.2 Å². The third-order valence-corrected chi connectivity index (χ3v) is 5.35. The van der Waals surface area contributed by atoms with Gasteiger partial charge in [-0.3, -0.25) is 4.79 Å². The average Bonchev–Trinajstić information content (AvgIpc) is 2.63. The number of benzene rings is 1. The van der Waals surface area contributed by atoms with Gasteiger partial charge in [-0.25, -0.2) is 9.97 Å². The number of aromatic amines is 1. The Hall–Kier alpha value is -2.73. The van der Waals surface area contributed by atoms with E-state index in [1.54, 1.807) is 12.3 Å². The first-order valence-corrected chi connectivity index (χ1v) is 8.46. The highest BCUT2D eigenvalue weighted by Crippen LogP contribution is 2.52. The Morgan fingerprint density at radius 3 is 2.80 bits per heavy atom. The molecule has 1 aliphatic rings. The van der Waals surface area contributed by atoms with E-state index >= 15 is 0 Å². The van der Waals surface area contributed by atoms with E-state index in [1.807, 2.05) is 18.2 Å². The molecule has 6 nitrogen and oxygen atoms in total. The third kappa shape index (κ3) is 2.68. The van der Waals surface area contributed by atoms with Gasteiger partial charge in [0.15, 0.2) is 5.82 Å². The molecule has 0 amide bonds. The Morgan fingerprint density at radius 1 is 1.24 bits per heavy atom. The molecule has 0 unspecified atom stereocenters. The molecule has 0 saturated heterocycles. The van der Waals surface area contributed by atoms with Crippen LogP contribution in [-0.2, 0) is 0 Å². The summed E-state index contributed by atoms with van der Waals surface area (Å²) >= 11 is 0. The lowest BCUT2D eigenvalue weighted by Gasteiger charge is -2.49. The molecule has 4 rings (SSSR count). The van der Waals surface area contributed by atoms with Gasteiger partial charge in [0.05, 0.1) is 18.3 Å². The fourth-order valence-electron chi connectivity index (χ4n) is 3.75. The first-order valence-electron chi connectivity index (χ1n) is 8.46. The van der Waals surface area contributed by atoms with Crippen LogP contribution in [0.5, 0.6) is 0 Å². The maximum Gasteiger partial charge on any atom is 0.258 e. The van der Waals surface area contributed by atoms with Gasteiger partial charge in [0.2, 0.25) is 0 Å². The minimum absolute atomic E-state index is 0.109. The van der Waals surface area contributed by atoms with Gasteiger partial charge < -0.3 is 15.4 Å². The number of nitrogens with zero attached hydrogens (tertiary/aromatic N) is 2. The molecule has 1 fully saturated rings. The van der Waals surface area contributed by atoms with E-state index < -0.39 is 0 Å². The van der Waals surface area contributed by atoms with Crippen LogP contribution in [0.15, 0.2) is 53.7 Å². The van der Waals surface area contributed by atoms with E-state index in [1.165, 1.54) is 11.9 Å². The van der Waals surface area contributed by atoms with Crippen LogP contribution in [0.25, 0.3) is 10.9 Å². The number of anilines is 1. The molecule has 3 N–H and O–H groups in total. The van der Waals surface area contributed by atoms with E-state index in [9.17, 15) is 9.90 Å². The number of nitrogens with one attached hydrogen (secondary N) is 2. The fraction of sp³-hybridized carbons (Fsp3) is 0.316. The second kappa shape index (κ2) is 6.29. The lowest BCUT2D eigenvalue weighted by molar-refractivity contribution is 0.0283. The van der Waals surface area contributed by atoms with Crippen molar-refractivity contribution in [3.63, 3.8) is 0 Å². The van der Waals surface area contributed by atoms with Crippen LogP contribution in [0, 0.1) is 5.41 Å². The summed E-state index contributed by atoms with van der Waals surface area (Å²) in [4.78, 5) is 23.1.